The van der Waals surface area contributed by atoms with Gasteiger partial charge in [-0.15, -0.1) is 0 Å². The zero-order chi connectivity index (χ0) is 27.5. The van der Waals surface area contributed by atoms with Gasteiger partial charge in [0, 0.05) is 41.8 Å². The van der Waals surface area contributed by atoms with Crippen LogP contribution in [0.5, 0.6) is 0 Å². The minimum atomic E-state index is -1.20. The van der Waals surface area contributed by atoms with Crippen LogP contribution in [0.1, 0.15) is 30.5 Å². The zero-order valence-electron chi connectivity index (χ0n) is 20.9. The molecule has 0 radical (unpaired) electrons. The second-order valence-electron chi connectivity index (χ2n) is 8.97. The van der Waals surface area contributed by atoms with Gasteiger partial charge in [-0.1, -0.05) is 18.2 Å². The van der Waals surface area contributed by atoms with Gasteiger partial charge in [0.2, 0.25) is 17.7 Å². The largest absolute Gasteiger partial charge is 0.480 e. The maximum atomic E-state index is 12.8. The number of para-hydroxylation sites is 1. The molecule has 3 unspecified atom stereocenters. The SMILES string of the molecule is NCCCCC(NC(=O)C(N)Cc1cnc[nH]1)C(=O)NCC(=O)NC(Cc1c[nH]c2ccccc12)C(=O)O. The molecule has 204 valence electrons. The molecule has 0 aliphatic rings. The van der Waals surface area contributed by atoms with E-state index in [9.17, 15) is 24.3 Å². The van der Waals surface area contributed by atoms with E-state index in [0.29, 0.717) is 31.5 Å². The maximum absolute atomic E-state index is 12.8. The lowest BCUT2D eigenvalue weighted by Gasteiger charge is -2.21. The molecular weight excluding hydrogens is 492 g/mol. The van der Waals surface area contributed by atoms with E-state index in [1.54, 1.807) is 12.4 Å². The number of aliphatic carboxylic acids is 1. The number of nitrogens with zero attached hydrogens (tertiary/aromatic N) is 1. The number of aromatic amines is 2. The van der Waals surface area contributed by atoms with Gasteiger partial charge in [-0.3, -0.25) is 14.4 Å². The fourth-order valence-corrected chi connectivity index (χ4v) is 4.02. The van der Waals surface area contributed by atoms with Crippen molar-refractivity contribution in [3.8, 4) is 0 Å². The Kier molecular flexibility index (Phi) is 10.4. The van der Waals surface area contributed by atoms with Gasteiger partial charge in [0.15, 0.2) is 0 Å². The van der Waals surface area contributed by atoms with E-state index in [-0.39, 0.29) is 12.8 Å². The quantitative estimate of drug-likeness (QED) is 0.118. The van der Waals surface area contributed by atoms with Crippen LogP contribution in [0, 0.1) is 0 Å². The highest BCUT2D eigenvalue weighted by molar-refractivity contribution is 5.93. The number of aromatic nitrogens is 3. The number of carbonyl (C=O) groups excluding carboxylic acids is 3. The number of benzene rings is 1. The first-order valence-electron chi connectivity index (χ1n) is 12.4. The average Bonchev–Trinajstić information content (AvgIpc) is 3.56. The van der Waals surface area contributed by atoms with Crippen LogP contribution in [0.3, 0.4) is 0 Å². The Bertz CT molecular complexity index is 1230. The standard InChI is InChI=1S/C25H34N8O5/c26-8-4-3-7-20(33-23(35)18(27)10-16-12-28-14-31-16)24(36)30-13-22(34)32-21(25(37)38)9-15-11-29-19-6-2-1-5-17(15)19/h1-2,5-6,11-12,14,18,20-21,29H,3-4,7-10,13,26-27H2,(H,28,31)(H,30,36)(H,32,34)(H,33,35)(H,37,38). The summed E-state index contributed by atoms with van der Waals surface area (Å²) in [5, 5.41) is 18.1. The lowest BCUT2D eigenvalue weighted by atomic mass is 10.0. The number of carbonyl (C=O) groups is 4. The molecule has 2 aromatic heterocycles. The molecule has 1 aromatic carbocycles. The molecule has 10 N–H and O–H groups in total. The van der Waals surface area contributed by atoms with Crippen LogP contribution in [0.15, 0.2) is 43.0 Å². The lowest BCUT2D eigenvalue weighted by molar-refractivity contribution is -0.141. The number of nitrogens with two attached hydrogens (primary N) is 2. The van der Waals surface area contributed by atoms with Crippen LogP contribution < -0.4 is 27.4 Å². The normalized spacial score (nSPS) is 13.4. The van der Waals surface area contributed by atoms with Crippen molar-refractivity contribution in [2.75, 3.05) is 13.1 Å². The van der Waals surface area contributed by atoms with E-state index in [2.05, 4.69) is 30.9 Å². The molecule has 0 aliphatic carbocycles. The van der Waals surface area contributed by atoms with Crippen molar-refractivity contribution in [2.24, 2.45) is 11.5 Å². The van der Waals surface area contributed by atoms with E-state index < -0.39 is 48.4 Å². The third-order valence-electron chi connectivity index (χ3n) is 6.07. The van der Waals surface area contributed by atoms with E-state index in [1.807, 2.05) is 24.3 Å². The van der Waals surface area contributed by atoms with Crippen LogP contribution in [0.4, 0.5) is 0 Å². The van der Waals surface area contributed by atoms with Gasteiger partial charge < -0.3 is 42.5 Å². The zero-order valence-corrected chi connectivity index (χ0v) is 20.9. The van der Waals surface area contributed by atoms with Gasteiger partial charge >= 0.3 is 5.97 Å². The highest BCUT2D eigenvalue weighted by atomic mass is 16.4. The Morgan fingerprint density at radius 3 is 2.50 bits per heavy atom. The number of amides is 3. The average molecular weight is 527 g/mol. The molecule has 0 aliphatic heterocycles. The molecular formula is C25H34N8O5. The molecule has 3 aromatic rings. The summed E-state index contributed by atoms with van der Waals surface area (Å²) >= 11 is 0. The second-order valence-corrected chi connectivity index (χ2v) is 8.97. The summed E-state index contributed by atoms with van der Waals surface area (Å²) in [5.74, 6) is -2.98. The van der Waals surface area contributed by atoms with Gasteiger partial charge in [-0.05, 0) is 37.4 Å². The minimum absolute atomic E-state index is 0.0605. The second kappa shape index (κ2) is 13.9. The number of fused-ring (bicyclic) bond motifs is 1. The fraction of sp³-hybridized carbons (Fsp3) is 0.400. The number of rotatable bonds is 15. The minimum Gasteiger partial charge on any atom is -0.480 e. The van der Waals surface area contributed by atoms with Gasteiger partial charge in [0.25, 0.3) is 0 Å². The highest BCUT2D eigenvalue weighted by Crippen LogP contribution is 2.19. The monoisotopic (exact) mass is 526 g/mol. The number of unbranched alkanes of at least 4 members (excludes halogenated alkanes) is 1. The van der Waals surface area contributed by atoms with Gasteiger partial charge in [-0.2, -0.15) is 0 Å². The van der Waals surface area contributed by atoms with Crippen molar-refractivity contribution in [2.45, 2.75) is 50.2 Å². The number of nitrogens with one attached hydrogen (secondary N) is 5. The molecule has 3 rings (SSSR count). The van der Waals surface area contributed by atoms with E-state index >= 15 is 0 Å². The summed E-state index contributed by atoms with van der Waals surface area (Å²) in [6.45, 7) is -0.0308. The molecule has 0 bridgehead atoms. The molecule has 3 amide bonds. The predicted octanol–water partition coefficient (Wildman–Crippen LogP) is -0.697. The van der Waals surface area contributed by atoms with Crippen molar-refractivity contribution in [3.63, 3.8) is 0 Å². The molecule has 2 heterocycles. The van der Waals surface area contributed by atoms with Crippen molar-refractivity contribution >= 4 is 34.6 Å². The number of hydrogen-bond donors (Lipinski definition) is 8. The van der Waals surface area contributed by atoms with Crippen molar-refractivity contribution in [3.05, 3.63) is 54.2 Å². The molecule has 0 saturated heterocycles. The predicted molar refractivity (Wildman–Crippen MR) is 140 cm³/mol. The summed E-state index contributed by atoms with van der Waals surface area (Å²) in [6, 6.07) is 4.40. The Morgan fingerprint density at radius 2 is 1.79 bits per heavy atom. The molecule has 3 atom stereocenters. The van der Waals surface area contributed by atoms with E-state index in [1.165, 1.54) is 6.33 Å². The Balaban J connectivity index is 1.55. The topological polar surface area (TPSA) is 221 Å². The van der Waals surface area contributed by atoms with Crippen molar-refractivity contribution < 1.29 is 24.3 Å². The van der Waals surface area contributed by atoms with Gasteiger partial charge in [0.05, 0.1) is 18.9 Å². The summed E-state index contributed by atoms with van der Waals surface area (Å²) < 4.78 is 0. The van der Waals surface area contributed by atoms with Crippen molar-refractivity contribution in [1.29, 1.82) is 0 Å². The number of carboxylic acid groups (broad SMARTS) is 1. The van der Waals surface area contributed by atoms with Gasteiger partial charge in [0.1, 0.15) is 12.1 Å². The molecule has 0 fully saturated rings. The summed E-state index contributed by atoms with van der Waals surface area (Å²) in [4.78, 5) is 59.6. The van der Waals surface area contributed by atoms with E-state index in [4.69, 9.17) is 11.5 Å². The Morgan fingerprint density at radius 1 is 1.00 bits per heavy atom. The Hall–Kier alpha value is -4.23. The van der Waals surface area contributed by atoms with Crippen LogP contribution in [0.25, 0.3) is 10.9 Å². The van der Waals surface area contributed by atoms with Crippen LogP contribution in [0.2, 0.25) is 0 Å². The summed E-state index contributed by atoms with van der Waals surface area (Å²) in [6.07, 6.45) is 6.52. The fourth-order valence-electron chi connectivity index (χ4n) is 4.02. The smallest absolute Gasteiger partial charge is 0.326 e. The number of imidazole rings is 1. The van der Waals surface area contributed by atoms with Crippen LogP contribution in [-0.2, 0) is 32.0 Å². The summed E-state index contributed by atoms with van der Waals surface area (Å²) in [5.41, 5.74) is 13.8. The van der Waals surface area contributed by atoms with Gasteiger partial charge in [-0.25, -0.2) is 9.78 Å². The number of carboxylic acids is 1. The number of hydrogen-bond acceptors (Lipinski definition) is 7. The first-order valence-corrected chi connectivity index (χ1v) is 12.4. The highest BCUT2D eigenvalue weighted by Gasteiger charge is 2.26. The maximum Gasteiger partial charge on any atom is 0.326 e. The lowest BCUT2D eigenvalue weighted by Crippen LogP contribution is -2.54. The van der Waals surface area contributed by atoms with Crippen molar-refractivity contribution in [1.82, 2.24) is 30.9 Å². The summed E-state index contributed by atoms with van der Waals surface area (Å²) in [7, 11) is 0. The molecule has 38 heavy (non-hydrogen) atoms. The third kappa shape index (κ3) is 8.15. The van der Waals surface area contributed by atoms with Crippen LogP contribution >= 0.6 is 0 Å². The molecule has 13 nitrogen and oxygen atoms in total. The van der Waals surface area contributed by atoms with Crippen LogP contribution in [-0.4, -0.2) is 75.0 Å². The molecule has 0 spiro atoms. The van der Waals surface area contributed by atoms with E-state index in [0.717, 1.165) is 16.5 Å². The Labute approximate surface area is 219 Å². The number of H-pyrrole nitrogens is 2. The molecule has 13 heteroatoms. The first-order chi connectivity index (χ1) is 18.3. The first kappa shape index (κ1) is 28.3. The molecule has 0 saturated carbocycles. The third-order valence-corrected chi connectivity index (χ3v) is 6.07.